The van der Waals surface area contributed by atoms with Crippen LogP contribution in [0.4, 0.5) is 16.2 Å². The summed E-state index contributed by atoms with van der Waals surface area (Å²) in [6, 6.07) is 24.9. The Hall–Kier alpha value is -4.08. The highest BCUT2D eigenvalue weighted by atomic mass is 16.2. The number of urea groups is 1. The maximum atomic E-state index is 12.5. The first-order valence-electron chi connectivity index (χ1n) is 10.4. The highest BCUT2D eigenvalue weighted by Crippen LogP contribution is 2.23. The first-order chi connectivity index (χ1) is 15.5. The second-order valence-corrected chi connectivity index (χ2v) is 7.93. The van der Waals surface area contributed by atoms with Gasteiger partial charge in [-0.15, -0.1) is 0 Å². The maximum Gasteiger partial charge on any atom is 0.323 e. The lowest BCUT2D eigenvalue weighted by molar-refractivity contribution is 0.262. The van der Waals surface area contributed by atoms with Crippen molar-refractivity contribution in [2.45, 2.75) is 6.54 Å². The van der Waals surface area contributed by atoms with Gasteiger partial charge < -0.3 is 20.1 Å². The van der Waals surface area contributed by atoms with Crippen molar-refractivity contribution < 1.29 is 4.79 Å². The van der Waals surface area contributed by atoms with Crippen LogP contribution in [0, 0.1) is 11.3 Å². The summed E-state index contributed by atoms with van der Waals surface area (Å²) in [5, 5.41) is 15.8. The topological polar surface area (TPSA) is 73.1 Å². The Bertz CT molecular complexity index is 1260. The van der Waals surface area contributed by atoms with E-state index in [4.69, 9.17) is 5.26 Å². The van der Waals surface area contributed by atoms with Gasteiger partial charge in [0, 0.05) is 41.6 Å². The lowest BCUT2D eigenvalue weighted by Gasteiger charge is -2.12. The Kier molecular flexibility index (Phi) is 6.20. The molecule has 0 saturated heterocycles. The fourth-order valence-electron chi connectivity index (χ4n) is 3.56. The van der Waals surface area contributed by atoms with E-state index in [0.717, 1.165) is 40.8 Å². The van der Waals surface area contributed by atoms with Crippen molar-refractivity contribution in [1.29, 1.82) is 5.26 Å². The van der Waals surface area contributed by atoms with Gasteiger partial charge in [-0.25, -0.2) is 4.79 Å². The van der Waals surface area contributed by atoms with E-state index in [1.54, 1.807) is 12.1 Å². The molecular formula is C26H25N5O. The fraction of sp³-hybridized carbons (Fsp3) is 0.154. The summed E-state index contributed by atoms with van der Waals surface area (Å²) >= 11 is 0. The molecule has 0 aliphatic heterocycles. The molecule has 0 atom stereocenters. The molecule has 160 valence electrons. The molecule has 4 aromatic rings. The Morgan fingerprint density at radius 2 is 1.53 bits per heavy atom. The van der Waals surface area contributed by atoms with E-state index in [0.29, 0.717) is 11.3 Å². The number of anilines is 2. The molecule has 1 aromatic heterocycles. The molecule has 0 aliphatic carbocycles. The largest absolute Gasteiger partial charge is 0.346 e. The first kappa shape index (κ1) is 21.2. The zero-order valence-electron chi connectivity index (χ0n) is 18.2. The fourth-order valence-corrected chi connectivity index (χ4v) is 3.56. The van der Waals surface area contributed by atoms with Gasteiger partial charge in [0.25, 0.3) is 0 Å². The van der Waals surface area contributed by atoms with Gasteiger partial charge in [-0.2, -0.15) is 5.26 Å². The van der Waals surface area contributed by atoms with Gasteiger partial charge in [0.1, 0.15) is 0 Å². The van der Waals surface area contributed by atoms with E-state index >= 15 is 0 Å². The normalized spacial score (nSPS) is 10.8. The molecule has 6 heteroatoms. The summed E-state index contributed by atoms with van der Waals surface area (Å²) in [7, 11) is 4.12. The van der Waals surface area contributed by atoms with Gasteiger partial charge in [0.15, 0.2) is 0 Å². The third kappa shape index (κ3) is 4.97. The van der Waals surface area contributed by atoms with E-state index in [2.05, 4.69) is 52.5 Å². The molecule has 2 N–H and O–H groups in total. The maximum absolute atomic E-state index is 12.5. The summed E-state index contributed by atoms with van der Waals surface area (Å²) < 4.78 is 2.22. The highest BCUT2D eigenvalue weighted by Gasteiger charge is 2.07. The molecule has 0 bridgehead atoms. The number of nitriles is 1. The van der Waals surface area contributed by atoms with Crippen molar-refractivity contribution in [3.63, 3.8) is 0 Å². The molecule has 0 spiro atoms. The average Bonchev–Trinajstić information content (AvgIpc) is 3.20. The van der Waals surface area contributed by atoms with Crippen molar-refractivity contribution >= 4 is 28.3 Å². The number of nitrogens with zero attached hydrogens (tertiary/aromatic N) is 3. The van der Waals surface area contributed by atoms with Crippen LogP contribution in [-0.4, -0.2) is 36.1 Å². The molecule has 0 radical (unpaired) electrons. The monoisotopic (exact) mass is 423 g/mol. The molecule has 3 aromatic carbocycles. The van der Waals surface area contributed by atoms with Crippen molar-refractivity contribution in [3.05, 3.63) is 84.6 Å². The number of rotatable bonds is 6. The predicted octanol–water partition coefficient (Wildman–Crippen LogP) is 5.39. The summed E-state index contributed by atoms with van der Waals surface area (Å²) in [5.41, 5.74) is 5.27. The number of carbonyl (C=O) groups excluding carboxylic acids is 1. The van der Waals surface area contributed by atoms with E-state index in [9.17, 15) is 4.79 Å². The SMILES string of the molecule is CN(C)CCn1ccc2cc(NC(=O)Nc3ccc(-c4ccc(C#N)cc4)cc3)ccc21. The Morgan fingerprint density at radius 3 is 2.19 bits per heavy atom. The molecule has 0 saturated carbocycles. The summed E-state index contributed by atoms with van der Waals surface area (Å²) in [5.74, 6) is 0. The Morgan fingerprint density at radius 1 is 0.906 bits per heavy atom. The first-order valence-corrected chi connectivity index (χ1v) is 10.4. The summed E-state index contributed by atoms with van der Waals surface area (Å²) in [6.45, 7) is 1.89. The van der Waals surface area contributed by atoms with Gasteiger partial charge in [-0.1, -0.05) is 24.3 Å². The van der Waals surface area contributed by atoms with Crippen LogP contribution in [-0.2, 0) is 6.54 Å². The van der Waals surface area contributed by atoms with Crippen LogP contribution in [0.5, 0.6) is 0 Å². The van der Waals surface area contributed by atoms with Gasteiger partial charge in [0.05, 0.1) is 11.6 Å². The lowest BCUT2D eigenvalue weighted by Crippen LogP contribution is -2.19. The number of aromatic nitrogens is 1. The third-order valence-corrected chi connectivity index (χ3v) is 5.31. The van der Waals surface area contributed by atoms with E-state index in [1.165, 1.54) is 0 Å². The number of likely N-dealkylation sites (N-methyl/N-ethyl adjacent to an activating group) is 1. The molecule has 0 unspecified atom stereocenters. The Labute approximate surface area is 187 Å². The number of benzene rings is 3. The highest BCUT2D eigenvalue weighted by molar-refractivity contribution is 6.01. The van der Waals surface area contributed by atoms with E-state index in [-0.39, 0.29) is 6.03 Å². The molecule has 6 nitrogen and oxygen atoms in total. The molecule has 32 heavy (non-hydrogen) atoms. The molecule has 0 aliphatic rings. The standard InChI is InChI=1S/C26H25N5O/c1-30(2)15-16-31-14-13-22-17-24(11-12-25(22)31)29-26(32)28-23-9-7-21(8-10-23)20-5-3-19(18-27)4-6-20/h3-14,17H,15-16H2,1-2H3,(H2,28,29,32). The predicted molar refractivity (Wildman–Crippen MR) is 130 cm³/mol. The molecule has 2 amide bonds. The molecule has 4 rings (SSSR count). The second-order valence-electron chi connectivity index (χ2n) is 7.93. The number of amides is 2. The zero-order chi connectivity index (χ0) is 22.5. The van der Waals surface area contributed by atoms with Crippen molar-refractivity contribution in [2.75, 3.05) is 31.3 Å². The number of hydrogen-bond acceptors (Lipinski definition) is 3. The smallest absolute Gasteiger partial charge is 0.323 e. The van der Waals surface area contributed by atoms with Crippen LogP contribution in [0.3, 0.4) is 0 Å². The average molecular weight is 424 g/mol. The summed E-state index contributed by atoms with van der Waals surface area (Å²) in [4.78, 5) is 14.6. The van der Waals surface area contributed by atoms with Crippen molar-refractivity contribution in [3.8, 4) is 17.2 Å². The minimum Gasteiger partial charge on any atom is -0.346 e. The molecular weight excluding hydrogens is 398 g/mol. The van der Waals surface area contributed by atoms with Crippen molar-refractivity contribution in [2.24, 2.45) is 0 Å². The van der Waals surface area contributed by atoms with E-state index < -0.39 is 0 Å². The van der Waals surface area contributed by atoms with Crippen LogP contribution in [0.1, 0.15) is 5.56 Å². The van der Waals surface area contributed by atoms with Crippen molar-refractivity contribution in [1.82, 2.24) is 9.47 Å². The van der Waals surface area contributed by atoms with Crippen LogP contribution in [0.15, 0.2) is 79.0 Å². The van der Waals surface area contributed by atoms with Crippen LogP contribution in [0.2, 0.25) is 0 Å². The van der Waals surface area contributed by atoms with Crippen LogP contribution in [0.25, 0.3) is 22.0 Å². The molecule has 1 heterocycles. The summed E-state index contributed by atoms with van der Waals surface area (Å²) in [6.07, 6.45) is 2.08. The number of hydrogen-bond donors (Lipinski definition) is 2. The molecule has 0 fully saturated rings. The Balaban J connectivity index is 1.38. The van der Waals surface area contributed by atoms with Gasteiger partial charge in [-0.3, -0.25) is 0 Å². The van der Waals surface area contributed by atoms with Gasteiger partial charge in [-0.05, 0) is 73.8 Å². The lowest BCUT2D eigenvalue weighted by atomic mass is 10.0. The van der Waals surface area contributed by atoms with E-state index in [1.807, 2.05) is 54.6 Å². The van der Waals surface area contributed by atoms with Gasteiger partial charge in [0.2, 0.25) is 0 Å². The van der Waals surface area contributed by atoms with Crippen LogP contribution < -0.4 is 10.6 Å². The van der Waals surface area contributed by atoms with Gasteiger partial charge >= 0.3 is 6.03 Å². The third-order valence-electron chi connectivity index (χ3n) is 5.31. The van der Waals surface area contributed by atoms with Crippen LogP contribution >= 0.6 is 0 Å². The minimum absolute atomic E-state index is 0.289. The quantitative estimate of drug-likeness (QED) is 0.437. The zero-order valence-corrected chi connectivity index (χ0v) is 18.2. The minimum atomic E-state index is -0.289. The number of nitrogens with one attached hydrogen (secondary N) is 2. The second kappa shape index (κ2) is 9.38. The number of fused-ring (bicyclic) bond motifs is 1. The number of carbonyl (C=O) groups is 1.